The predicted octanol–water partition coefficient (Wildman–Crippen LogP) is 0.741. The Kier molecular flexibility index (Phi) is 1.65. The molecule has 2 aromatic rings. The molecule has 68 valence electrons. The molecule has 5 nitrogen and oxygen atoms in total. The summed E-state index contributed by atoms with van der Waals surface area (Å²) in [5, 5.41) is 3.00. The molecule has 0 spiro atoms. The van der Waals surface area contributed by atoms with Gasteiger partial charge in [0.2, 0.25) is 0 Å². The van der Waals surface area contributed by atoms with Gasteiger partial charge in [0, 0.05) is 6.42 Å². The number of H-pyrrole nitrogens is 1. The molecule has 0 aliphatic rings. The van der Waals surface area contributed by atoms with Crippen LogP contribution in [0.4, 0.5) is 0 Å². The van der Waals surface area contributed by atoms with Crippen molar-refractivity contribution in [1.82, 2.24) is 19.6 Å². The molecule has 0 atom stereocenters. The van der Waals surface area contributed by atoms with Gasteiger partial charge in [0.15, 0.2) is 6.29 Å². The average Bonchev–Trinajstić information content (AvgIpc) is 2.60. The van der Waals surface area contributed by atoms with E-state index in [0.29, 0.717) is 17.2 Å². The van der Waals surface area contributed by atoms with Crippen LogP contribution in [0.3, 0.4) is 0 Å². The molecule has 1 N–H and O–H groups in total. The van der Waals surface area contributed by atoms with Gasteiger partial charge in [-0.1, -0.05) is 6.92 Å². The van der Waals surface area contributed by atoms with Crippen molar-refractivity contribution in [2.75, 3.05) is 0 Å². The Morgan fingerprint density at radius 2 is 2.31 bits per heavy atom. The number of aromatic nitrogens is 4. The minimum atomic E-state index is 0.544. The number of carbonyl (C=O) groups is 1. The summed E-state index contributed by atoms with van der Waals surface area (Å²) in [6, 6.07) is 0. The summed E-state index contributed by atoms with van der Waals surface area (Å²) in [7, 11) is 0. The molecule has 0 aromatic carbocycles. The van der Waals surface area contributed by atoms with Crippen molar-refractivity contribution in [3.05, 3.63) is 17.2 Å². The maximum Gasteiger partial charge on any atom is 0.251 e. The minimum Gasteiger partial charge on any atom is -0.296 e. The van der Waals surface area contributed by atoms with E-state index in [0.717, 1.165) is 18.5 Å². The van der Waals surface area contributed by atoms with Gasteiger partial charge in [-0.05, 0) is 6.92 Å². The number of rotatable bonds is 2. The van der Waals surface area contributed by atoms with Gasteiger partial charge in [0.05, 0.1) is 5.69 Å². The van der Waals surface area contributed by atoms with E-state index in [1.165, 1.54) is 0 Å². The molecule has 0 radical (unpaired) electrons. The van der Waals surface area contributed by atoms with Crippen LogP contribution >= 0.6 is 0 Å². The van der Waals surface area contributed by atoms with Gasteiger partial charge in [0.1, 0.15) is 11.5 Å². The number of hydrogen-bond acceptors (Lipinski definition) is 3. The Morgan fingerprint density at radius 3 is 2.92 bits per heavy atom. The van der Waals surface area contributed by atoms with Crippen molar-refractivity contribution in [3.63, 3.8) is 0 Å². The monoisotopic (exact) mass is 178 g/mol. The summed E-state index contributed by atoms with van der Waals surface area (Å²) in [5.74, 6) is 1.40. The van der Waals surface area contributed by atoms with Crippen molar-refractivity contribution in [3.8, 4) is 0 Å². The van der Waals surface area contributed by atoms with E-state index in [1.807, 2.05) is 6.92 Å². The van der Waals surface area contributed by atoms with Crippen LogP contribution in [0.15, 0.2) is 0 Å². The Hall–Kier alpha value is -1.65. The number of imidazole rings is 1. The van der Waals surface area contributed by atoms with E-state index >= 15 is 0 Å². The van der Waals surface area contributed by atoms with Crippen LogP contribution < -0.4 is 0 Å². The summed E-state index contributed by atoms with van der Waals surface area (Å²) < 4.78 is 1.61. The zero-order chi connectivity index (χ0) is 9.42. The fourth-order valence-electron chi connectivity index (χ4n) is 1.28. The first-order valence-electron chi connectivity index (χ1n) is 4.15. The van der Waals surface area contributed by atoms with Gasteiger partial charge < -0.3 is 0 Å². The van der Waals surface area contributed by atoms with Crippen molar-refractivity contribution >= 4 is 12.1 Å². The first kappa shape index (κ1) is 7.97. The Balaban J connectivity index is 2.73. The molecular weight excluding hydrogens is 168 g/mol. The molecule has 2 aromatic heterocycles. The number of aromatic amines is 1. The summed E-state index contributed by atoms with van der Waals surface area (Å²) in [4.78, 5) is 19.0. The largest absolute Gasteiger partial charge is 0.296 e. The highest BCUT2D eigenvalue weighted by atomic mass is 16.1. The third-order valence-corrected chi connectivity index (χ3v) is 2.00. The standard InChI is InChI=1S/C8H10N4O/c1-3-7-10-8-9-5(2)6(4-13)12(8)11-7/h4H,3H2,1-2H3,(H,9,10,11). The molecule has 13 heavy (non-hydrogen) atoms. The molecule has 2 rings (SSSR count). The van der Waals surface area contributed by atoms with Crippen LogP contribution in [0.25, 0.3) is 5.78 Å². The van der Waals surface area contributed by atoms with Crippen LogP contribution in [0.5, 0.6) is 0 Å². The highest BCUT2D eigenvalue weighted by Crippen LogP contribution is 2.07. The van der Waals surface area contributed by atoms with Gasteiger partial charge in [-0.25, -0.2) is 9.50 Å². The van der Waals surface area contributed by atoms with E-state index in [-0.39, 0.29) is 0 Å². The first-order chi connectivity index (χ1) is 6.26. The van der Waals surface area contributed by atoms with Gasteiger partial charge in [-0.15, -0.1) is 0 Å². The van der Waals surface area contributed by atoms with Gasteiger partial charge >= 0.3 is 0 Å². The van der Waals surface area contributed by atoms with E-state index < -0.39 is 0 Å². The normalized spacial score (nSPS) is 10.9. The quantitative estimate of drug-likeness (QED) is 0.690. The fraction of sp³-hybridized carbons (Fsp3) is 0.375. The summed E-state index contributed by atoms with van der Waals surface area (Å²) in [6.45, 7) is 3.78. The highest BCUT2D eigenvalue weighted by Gasteiger charge is 2.10. The van der Waals surface area contributed by atoms with Crippen LogP contribution in [-0.2, 0) is 6.42 Å². The molecular formula is C8H10N4O. The topological polar surface area (TPSA) is 63.1 Å². The van der Waals surface area contributed by atoms with E-state index in [1.54, 1.807) is 11.4 Å². The molecule has 0 saturated heterocycles. The summed E-state index contributed by atoms with van der Waals surface area (Å²) in [5.41, 5.74) is 1.25. The number of carbonyl (C=O) groups excluding carboxylic acids is 1. The van der Waals surface area contributed by atoms with E-state index in [4.69, 9.17) is 0 Å². The van der Waals surface area contributed by atoms with Gasteiger partial charge in [0.25, 0.3) is 5.78 Å². The van der Waals surface area contributed by atoms with E-state index in [9.17, 15) is 4.79 Å². The smallest absolute Gasteiger partial charge is 0.251 e. The maximum absolute atomic E-state index is 10.7. The van der Waals surface area contributed by atoms with Crippen LogP contribution in [0.2, 0.25) is 0 Å². The van der Waals surface area contributed by atoms with Gasteiger partial charge in [-0.3, -0.25) is 9.89 Å². The SMILES string of the molecule is CCc1nc2nc(C)c(C=O)n2[nH]1. The lowest BCUT2D eigenvalue weighted by molar-refractivity contribution is 0.111. The van der Waals surface area contributed by atoms with Crippen LogP contribution in [0, 0.1) is 6.92 Å². The van der Waals surface area contributed by atoms with E-state index in [2.05, 4.69) is 15.1 Å². The highest BCUT2D eigenvalue weighted by molar-refractivity contribution is 5.75. The Labute approximate surface area is 74.8 Å². The number of aldehydes is 1. The molecule has 0 aliphatic carbocycles. The number of aryl methyl sites for hydroxylation is 2. The lowest BCUT2D eigenvalue weighted by atomic mass is 10.4. The van der Waals surface area contributed by atoms with Crippen molar-refractivity contribution in [2.45, 2.75) is 20.3 Å². The zero-order valence-corrected chi connectivity index (χ0v) is 7.53. The lowest BCUT2D eigenvalue weighted by Gasteiger charge is -1.88. The zero-order valence-electron chi connectivity index (χ0n) is 7.53. The van der Waals surface area contributed by atoms with Gasteiger partial charge in [-0.2, -0.15) is 4.98 Å². The number of fused-ring (bicyclic) bond motifs is 1. The molecule has 0 bridgehead atoms. The maximum atomic E-state index is 10.7. The number of nitrogens with zero attached hydrogens (tertiary/aromatic N) is 3. The second-order valence-electron chi connectivity index (χ2n) is 2.86. The number of hydrogen-bond donors (Lipinski definition) is 1. The third kappa shape index (κ3) is 1.04. The minimum absolute atomic E-state index is 0.544. The molecule has 5 heteroatoms. The molecule has 0 fully saturated rings. The lowest BCUT2D eigenvalue weighted by Crippen LogP contribution is -1.94. The Morgan fingerprint density at radius 1 is 1.54 bits per heavy atom. The van der Waals surface area contributed by atoms with Crippen molar-refractivity contribution in [2.24, 2.45) is 0 Å². The molecule has 0 amide bonds. The van der Waals surface area contributed by atoms with Crippen LogP contribution in [-0.4, -0.2) is 25.9 Å². The average molecular weight is 178 g/mol. The molecule has 0 unspecified atom stereocenters. The van der Waals surface area contributed by atoms with Crippen molar-refractivity contribution in [1.29, 1.82) is 0 Å². The van der Waals surface area contributed by atoms with Crippen molar-refractivity contribution < 1.29 is 4.79 Å². The summed E-state index contributed by atoms with van der Waals surface area (Å²) in [6.07, 6.45) is 1.59. The molecule has 0 aliphatic heterocycles. The predicted molar refractivity (Wildman–Crippen MR) is 46.8 cm³/mol. The first-order valence-corrected chi connectivity index (χ1v) is 4.15. The second kappa shape index (κ2) is 2.69. The van der Waals surface area contributed by atoms with Crippen LogP contribution in [0.1, 0.15) is 28.9 Å². The summed E-state index contributed by atoms with van der Waals surface area (Å²) >= 11 is 0. The molecule has 2 heterocycles. The second-order valence-corrected chi connectivity index (χ2v) is 2.86. The number of nitrogens with one attached hydrogen (secondary N) is 1. The third-order valence-electron chi connectivity index (χ3n) is 2.00. The fourth-order valence-corrected chi connectivity index (χ4v) is 1.28. The Bertz CT molecular complexity index is 454. The molecule has 0 saturated carbocycles.